The molecule has 1 aromatic rings. The van der Waals surface area contributed by atoms with Gasteiger partial charge in [0, 0.05) is 25.4 Å². The molecule has 2 nitrogen and oxygen atoms in total. The van der Waals surface area contributed by atoms with Gasteiger partial charge in [-0.3, -0.25) is 0 Å². The summed E-state index contributed by atoms with van der Waals surface area (Å²) >= 11 is 0. The van der Waals surface area contributed by atoms with Crippen molar-refractivity contribution in [3.05, 3.63) is 35.1 Å². The summed E-state index contributed by atoms with van der Waals surface area (Å²) in [7, 11) is 0. The van der Waals surface area contributed by atoms with Crippen molar-refractivity contribution in [3.8, 4) is 0 Å². The summed E-state index contributed by atoms with van der Waals surface area (Å²) < 4.78 is 13.1. The zero-order chi connectivity index (χ0) is 12.8. The molecule has 3 atom stereocenters. The Balaban J connectivity index is 1.82. The molecule has 0 amide bonds. The van der Waals surface area contributed by atoms with Crippen molar-refractivity contribution in [1.29, 1.82) is 0 Å². The van der Waals surface area contributed by atoms with Crippen LogP contribution in [0.25, 0.3) is 0 Å². The molecule has 3 heteroatoms. The number of benzene rings is 1. The van der Waals surface area contributed by atoms with Gasteiger partial charge in [-0.1, -0.05) is 6.07 Å². The number of aliphatic hydroxyl groups is 1. The normalized spacial score (nSPS) is 34.8. The predicted molar refractivity (Wildman–Crippen MR) is 69.0 cm³/mol. The zero-order valence-corrected chi connectivity index (χ0v) is 10.8. The van der Waals surface area contributed by atoms with Gasteiger partial charge in [0.15, 0.2) is 0 Å². The lowest BCUT2D eigenvalue weighted by molar-refractivity contribution is -0.0440. The number of fused-ring (bicyclic) bond motifs is 2. The first-order valence-corrected chi connectivity index (χ1v) is 6.77. The Morgan fingerprint density at radius 3 is 3.06 bits per heavy atom. The van der Waals surface area contributed by atoms with Crippen molar-refractivity contribution in [2.24, 2.45) is 5.92 Å². The zero-order valence-electron chi connectivity index (χ0n) is 10.8. The molecule has 0 spiro atoms. The van der Waals surface area contributed by atoms with Crippen molar-refractivity contribution in [2.45, 2.75) is 31.8 Å². The highest BCUT2D eigenvalue weighted by atomic mass is 19.1. The second kappa shape index (κ2) is 4.32. The van der Waals surface area contributed by atoms with Crippen LogP contribution in [0.15, 0.2) is 18.2 Å². The average molecular weight is 249 g/mol. The summed E-state index contributed by atoms with van der Waals surface area (Å²) in [6.07, 6.45) is 2.60. The van der Waals surface area contributed by atoms with Gasteiger partial charge in [0.25, 0.3) is 0 Å². The van der Waals surface area contributed by atoms with E-state index in [4.69, 9.17) is 0 Å². The van der Waals surface area contributed by atoms with Crippen LogP contribution in [0.2, 0.25) is 0 Å². The first-order valence-electron chi connectivity index (χ1n) is 6.77. The number of rotatable bonds is 2. The molecule has 1 aromatic carbocycles. The van der Waals surface area contributed by atoms with Crippen LogP contribution in [0.5, 0.6) is 0 Å². The van der Waals surface area contributed by atoms with E-state index < -0.39 is 5.60 Å². The van der Waals surface area contributed by atoms with Gasteiger partial charge in [0.1, 0.15) is 5.82 Å². The molecule has 2 bridgehead atoms. The monoisotopic (exact) mass is 249 g/mol. The van der Waals surface area contributed by atoms with E-state index in [-0.39, 0.29) is 5.82 Å². The van der Waals surface area contributed by atoms with Crippen LogP contribution in [-0.4, -0.2) is 35.2 Å². The summed E-state index contributed by atoms with van der Waals surface area (Å²) in [4.78, 5) is 2.43. The highest BCUT2D eigenvalue weighted by Crippen LogP contribution is 2.38. The second-order valence-corrected chi connectivity index (χ2v) is 5.89. The SMILES string of the molecule is Cc1cc(F)ccc1CC1(O)CCN2CCC1C2. The fraction of sp³-hybridized carbons (Fsp3) is 0.600. The minimum Gasteiger partial charge on any atom is -0.389 e. The third-order valence-electron chi connectivity index (χ3n) is 4.69. The first kappa shape index (κ1) is 12.1. The van der Waals surface area contributed by atoms with E-state index in [1.807, 2.05) is 13.0 Å². The van der Waals surface area contributed by atoms with Crippen molar-refractivity contribution >= 4 is 0 Å². The van der Waals surface area contributed by atoms with Gasteiger partial charge in [0.2, 0.25) is 0 Å². The lowest BCUT2D eigenvalue weighted by atomic mass is 9.77. The molecule has 1 N–H and O–H groups in total. The van der Waals surface area contributed by atoms with Crippen LogP contribution in [-0.2, 0) is 6.42 Å². The second-order valence-electron chi connectivity index (χ2n) is 5.89. The summed E-state index contributed by atoms with van der Waals surface area (Å²) in [6.45, 7) is 5.06. The molecule has 0 radical (unpaired) electrons. The predicted octanol–water partition coefficient (Wildman–Crippen LogP) is 2.13. The third kappa shape index (κ3) is 2.06. The smallest absolute Gasteiger partial charge is 0.123 e. The molecule has 3 rings (SSSR count). The summed E-state index contributed by atoms with van der Waals surface area (Å²) in [5, 5.41) is 10.9. The molecule has 0 aromatic heterocycles. The quantitative estimate of drug-likeness (QED) is 0.868. The molecule has 2 aliphatic heterocycles. The van der Waals surface area contributed by atoms with Crippen LogP contribution >= 0.6 is 0 Å². The Bertz CT molecular complexity index is 462. The largest absolute Gasteiger partial charge is 0.389 e. The Hall–Kier alpha value is -0.930. The molecule has 0 saturated carbocycles. The average Bonchev–Trinajstić information content (AvgIpc) is 2.74. The number of halogens is 1. The van der Waals surface area contributed by atoms with Gasteiger partial charge in [-0.15, -0.1) is 0 Å². The molecule has 98 valence electrons. The van der Waals surface area contributed by atoms with E-state index in [9.17, 15) is 9.50 Å². The van der Waals surface area contributed by atoms with Crippen molar-refractivity contribution in [3.63, 3.8) is 0 Å². The Morgan fingerprint density at radius 1 is 1.44 bits per heavy atom. The summed E-state index contributed by atoms with van der Waals surface area (Å²) in [5.41, 5.74) is 1.44. The van der Waals surface area contributed by atoms with Gasteiger partial charge in [-0.05, 0) is 49.6 Å². The van der Waals surface area contributed by atoms with Gasteiger partial charge < -0.3 is 10.0 Å². The highest BCUT2D eigenvalue weighted by molar-refractivity contribution is 5.28. The van der Waals surface area contributed by atoms with Crippen LogP contribution in [0.3, 0.4) is 0 Å². The van der Waals surface area contributed by atoms with Crippen LogP contribution in [0, 0.1) is 18.7 Å². The Labute approximate surface area is 107 Å². The maximum absolute atomic E-state index is 13.1. The van der Waals surface area contributed by atoms with Crippen molar-refractivity contribution in [2.75, 3.05) is 19.6 Å². The molecule has 3 unspecified atom stereocenters. The minimum absolute atomic E-state index is 0.195. The molecule has 18 heavy (non-hydrogen) atoms. The van der Waals surface area contributed by atoms with Crippen molar-refractivity contribution in [1.82, 2.24) is 4.90 Å². The molecule has 2 saturated heterocycles. The fourth-order valence-electron chi connectivity index (χ4n) is 3.45. The molecule has 2 heterocycles. The standard InChI is InChI=1S/C15H20FNO/c1-11-8-14(16)3-2-12(11)9-15(18)5-7-17-6-4-13(15)10-17/h2-3,8,13,18H,4-7,9-10H2,1H3. The molecular weight excluding hydrogens is 229 g/mol. The van der Waals surface area contributed by atoms with Gasteiger partial charge in [0.05, 0.1) is 5.60 Å². The number of hydrogen-bond acceptors (Lipinski definition) is 2. The molecular formula is C15H20FNO. The maximum Gasteiger partial charge on any atom is 0.123 e. The van der Waals surface area contributed by atoms with Crippen LogP contribution in [0.4, 0.5) is 4.39 Å². The lowest BCUT2D eigenvalue weighted by Crippen LogP contribution is -2.47. The summed E-state index contributed by atoms with van der Waals surface area (Å²) in [5.74, 6) is 0.189. The minimum atomic E-state index is -0.588. The number of aryl methyl sites for hydroxylation is 1. The molecule has 0 aliphatic carbocycles. The van der Waals surface area contributed by atoms with Crippen LogP contribution in [0.1, 0.15) is 24.0 Å². The number of hydrogen-bond donors (Lipinski definition) is 1. The number of piperidine rings is 1. The maximum atomic E-state index is 13.1. The lowest BCUT2D eigenvalue weighted by Gasteiger charge is -2.39. The number of nitrogens with zero attached hydrogens (tertiary/aromatic N) is 1. The highest BCUT2D eigenvalue weighted by Gasteiger charge is 2.44. The van der Waals surface area contributed by atoms with E-state index in [0.29, 0.717) is 12.3 Å². The summed E-state index contributed by atoms with van der Waals surface area (Å²) in [6, 6.07) is 4.88. The van der Waals surface area contributed by atoms with Gasteiger partial charge >= 0.3 is 0 Å². The van der Waals surface area contributed by atoms with E-state index in [0.717, 1.165) is 43.6 Å². The van der Waals surface area contributed by atoms with Gasteiger partial charge in [-0.25, -0.2) is 4.39 Å². The van der Waals surface area contributed by atoms with E-state index in [1.165, 1.54) is 6.07 Å². The Morgan fingerprint density at radius 2 is 2.28 bits per heavy atom. The fourth-order valence-corrected chi connectivity index (χ4v) is 3.45. The van der Waals surface area contributed by atoms with E-state index in [1.54, 1.807) is 6.07 Å². The van der Waals surface area contributed by atoms with Crippen LogP contribution < -0.4 is 0 Å². The molecule has 2 aliphatic rings. The first-order chi connectivity index (χ1) is 8.57. The van der Waals surface area contributed by atoms with E-state index in [2.05, 4.69) is 4.90 Å². The van der Waals surface area contributed by atoms with Gasteiger partial charge in [-0.2, -0.15) is 0 Å². The van der Waals surface area contributed by atoms with Crippen molar-refractivity contribution < 1.29 is 9.50 Å². The Kier molecular flexibility index (Phi) is 2.91. The molecule has 2 fully saturated rings. The third-order valence-corrected chi connectivity index (χ3v) is 4.69. The topological polar surface area (TPSA) is 23.5 Å². The van der Waals surface area contributed by atoms with E-state index >= 15 is 0 Å².